The summed E-state index contributed by atoms with van der Waals surface area (Å²) in [5.41, 5.74) is 5.83. The van der Waals surface area contributed by atoms with Gasteiger partial charge in [-0.1, -0.05) is 30.3 Å². The molecule has 2 rings (SSSR count). The zero-order valence-electron chi connectivity index (χ0n) is 10.6. The highest BCUT2D eigenvalue weighted by Gasteiger charge is 2.48. The fraction of sp³-hybridized carbons (Fsp3) is 0.462. The summed E-state index contributed by atoms with van der Waals surface area (Å²) < 4.78 is 10.4. The minimum Gasteiger partial charge on any atom is -0.385 e. The van der Waals surface area contributed by atoms with E-state index in [-0.39, 0.29) is 6.61 Å². The third kappa shape index (κ3) is 3.14. The van der Waals surface area contributed by atoms with Crippen LogP contribution in [0.3, 0.4) is 0 Å². The van der Waals surface area contributed by atoms with E-state index in [0.717, 1.165) is 5.56 Å². The van der Waals surface area contributed by atoms with E-state index >= 15 is 0 Å². The minimum atomic E-state index is -1.66. The summed E-state index contributed by atoms with van der Waals surface area (Å²) >= 11 is 0. The average Bonchev–Trinajstić information content (AvgIpc) is 2.72. The van der Waals surface area contributed by atoms with Crippen LogP contribution in [0.15, 0.2) is 30.3 Å². The second-order valence-corrected chi connectivity index (χ2v) is 4.59. The van der Waals surface area contributed by atoms with Crippen LogP contribution in [0.25, 0.3) is 0 Å². The van der Waals surface area contributed by atoms with E-state index in [1.165, 1.54) is 0 Å². The number of hydrogen-bond donors (Lipinski definition) is 4. The monoisotopic (exact) mass is 283 g/mol. The zero-order chi connectivity index (χ0) is 14.7. The van der Waals surface area contributed by atoms with Crippen molar-refractivity contribution >= 4 is 5.91 Å². The molecule has 1 aliphatic rings. The predicted octanol–water partition coefficient (Wildman–Crippen LogP) is -1.50. The van der Waals surface area contributed by atoms with Gasteiger partial charge in [-0.3, -0.25) is 4.79 Å². The van der Waals surface area contributed by atoms with Gasteiger partial charge in [0.25, 0.3) is 0 Å². The lowest BCUT2D eigenvalue weighted by molar-refractivity contribution is -0.157. The fourth-order valence-corrected chi connectivity index (χ4v) is 2.05. The van der Waals surface area contributed by atoms with Crippen LogP contribution >= 0.6 is 0 Å². The number of aliphatic hydroxyl groups is 3. The Kier molecular flexibility index (Phi) is 4.69. The molecule has 20 heavy (non-hydrogen) atoms. The Balaban J connectivity index is 2.04. The van der Waals surface area contributed by atoms with Crippen LogP contribution in [0.5, 0.6) is 0 Å². The molecular formula is C13H17NO6. The first kappa shape index (κ1) is 14.9. The quantitative estimate of drug-likeness (QED) is 0.521. The molecule has 0 spiro atoms. The Morgan fingerprint density at radius 3 is 2.60 bits per heavy atom. The molecule has 0 aromatic heterocycles. The number of hydrogen-bond acceptors (Lipinski definition) is 6. The summed E-state index contributed by atoms with van der Waals surface area (Å²) in [6.07, 6.45) is -6.82. The summed E-state index contributed by atoms with van der Waals surface area (Å²) in [6.45, 7) is 0.140. The van der Waals surface area contributed by atoms with E-state index < -0.39 is 36.6 Å². The molecule has 0 aliphatic carbocycles. The van der Waals surface area contributed by atoms with Crippen LogP contribution < -0.4 is 5.73 Å². The summed E-state index contributed by atoms with van der Waals surface area (Å²) in [6, 6.07) is 9.13. The van der Waals surface area contributed by atoms with E-state index in [9.17, 15) is 20.1 Å². The number of benzene rings is 1. The molecule has 0 radical (unpaired) electrons. The molecule has 0 saturated carbocycles. The molecule has 0 bridgehead atoms. The van der Waals surface area contributed by atoms with Crippen LogP contribution in [0, 0.1) is 0 Å². The number of amides is 1. The van der Waals surface area contributed by atoms with Gasteiger partial charge in [0.2, 0.25) is 5.91 Å². The van der Waals surface area contributed by atoms with Crippen LogP contribution in [0.2, 0.25) is 0 Å². The lowest BCUT2D eigenvalue weighted by Gasteiger charge is -2.22. The maximum absolute atomic E-state index is 11.0. The van der Waals surface area contributed by atoms with Crippen LogP contribution in [0.1, 0.15) is 5.56 Å². The molecule has 7 heteroatoms. The Morgan fingerprint density at radius 1 is 1.35 bits per heavy atom. The van der Waals surface area contributed by atoms with Crippen molar-refractivity contribution in [3.05, 3.63) is 35.9 Å². The molecular weight excluding hydrogens is 266 g/mol. The largest absolute Gasteiger partial charge is 0.385 e. The first-order chi connectivity index (χ1) is 9.50. The molecule has 5 N–H and O–H groups in total. The summed E-state index contributed by atoms with van der Waals surface area (Å²) in [5, 5.41) is 28.9. The van der Waals surface area contributed by atoms with Gasteiger partial charge < -0.3 is 30.5 Å². The molecule has 1 heterocycles. The van der Waals surface area contributed by atoms with Gasteiger partial charge in [-0.2, -0.15) is 0 Å². The molecule has 1 aliphatic heterocycles. The third-order valence-electron chi connectivity index (χ3n) is 3.14. The molecule has 1 fully saturated rings. The summed E-state index contributed by atoms with van der Waals surface area (Å²) in [7, 11) is 0. The van der Waals surface area contributed by atoms with Crippen molar-refractivity contribution in [1.82, 2.24) is 0 Å². The Hall–Kier alpha value is -1.51. The minimum absolute atomic E-state index is 0.140. The highest BCUT2D eigenvalue weighted by atomic mass is 16.7. The van der Waals surface area contributed by atoms with Crippen LogP contribution in [-0.2, 0) is 20.9 Å². The van der Waals surface area contributed by atoms with E-state index in [0.29, 0.717) is 0 Å². The van der Waals surface area contributed by atoms with Gasteiger partial charge in [0.15, 0.2) is 12.4 Å². The van der Waals surface area contributed by atoms with Crippen LogP contribution in [-0.4, -0.2) is 51.9 Å². The number of aliphatic hydroxyl groups excluding tert-OH is 3. The highest BCUT2D eigenvalue weighted by Crippen LogP contribution is 2.26. The van der Waals surface area contributed by atoms with Crippen molar-refractivity contribution in [2.75, 3.05) is 0 Å². The molecule has 1 aromatic carbocycles. The van der Waals surface area contributed by atoms with Crippen molar-refractivity contribution in [2.45, 2.75) is 37.3 Å². The van der Waals surface area contributed by atoms with E-state index in [1.807, 2.05) is 30.3 Å². The van der Waals surface area contributed by atoms with Gasteiger partial charge in [0.05, 0.1) is 6.61 Å². The van der Waals surface area contributed by atoms with Crippen molar-refractivity contribution in [1.29, 1.82) is 0 Å². The second-order valence-electron chi connectivity index (χ2n) is 4.59. The van der Waals surface area contributed by atoms with Gasteiger partial charge in [0.1, 0.15) is 18.3 Å². The van der Waals surface area contributed by atoms with Crippen molar-refractivity contribution in [3.63, 3.8) is 0 Å². The lowest BCUT2D eigenvalue weighted by atomic mass is 10.1. The van der Waals surface area contributed by atoms with Gasteiger partial charge in [-0.25, -0.2) is 0 Å². The van der Waals surface area contributed by atoms with Gasteiger partial charge in [0, 0.05) is 0 Å². The Labute approximate surface area is 115 Å². The molecule has 1 amide bonds. The number of carbonyl (C=O) groups is 1. The number of primary amides is 1. The smallest absolute Gasteiger partial charge is 0.249 e. The molecule has 5 atom stereocenters. The van der Waals surface area contributed by atoms with E-state index in [2.05, 4.69) is 0 Å². The van der Waals surface area contributed by atoms with Crippen molar-refractivity contribution in [3.8, 4) is 0 Å². The molecule has 1 saturated heterocycles. The highest BCUT2D eigenvalue weighted by molar-refractivity contribution is 5.79. The molecule has 110 valence electrons. The Bertz CT molecular complexity index is 453. The second kappa shape index (κ2) is 6.29. The number of carbonyl (C=O) groups excluding carboxylic acids is 1. The summed E-state index contributed by atoms with van der Waals surface area (Å²) in [4.78, 5) is 11.0. The number of nitrogens with two attached hydrogens (primary N) is 1. The van der Waals surface area contributed by atoms with Gasteiger partial charge >= 0.3 is 0 Å². The standard InChI is InChI=1S/C13H17NO6/c14-12(17)8(15)11-10(9(16)13(18)20-11)19-6-7-4-2-1-3-5-7/h1-5,8-11,13,15-16,18H,6H2,(H2,14,17)/t8-,9?,10+,11-,13?/m1/s1. The lowest BCUT2D eigenvalue weighted by Crippen LogP contribution is -2.46. The van der Waals surface area contributed by atoms with Crippen molar-refractivity contribution < 1.29 is 29.6 Å². The third-order valence-corrected chi connectivity index (χ3v) is 3.14. The first-order valence-electron chi connectivity index (χ1n) is 6.15. The predicted molar refractivity (Wildman–Crippen MR) is 67.1 cm³/mol. The fourth-order valence-electron chi connectivity index (χ4n) is 2.05. The summed E-state index contributed by atoms with van der Waals surface area (Å²) in [5.74, 6) is -1.01. The molecule has 1 aromatic rings. The average molecular weight is 283 g/mol. The first-order valence-corrected chi connectivity index (χ1v) is 6.15. The zero-order valence-corrected chi connectivity index (χ0v) is 10.6. The van der Waals surface area contributed by atoms with Gasteiger partial charge in [-0.15, -0.1) is 0 Å². The van der Waals surface area contributed by atoms with Gasteiger partial charge in [-0.05, 0) is 5.56 Å². The normalized spacial score (nSPS) is 31.1. The van der Waals surface area contributed by atoms with E-state index in [1.54, 1.807) is 0 Å². The maximum atomic E-state index is 11.0. The topological polar surface area (TPSA) is 122 Å². The Morgan fingerprint density at radius 2 is 2.00 bits per heavy atom. The maximum Gasteiger partial charge on any atom is 0.249 e. The molecule has 7 nitrogen and oxygen atoms in total. The van der Waals surface area contributed by atoms with Crippen LogP contribution in [0.4, 0.5) is 0 Å². The SMILES string of the molecule is NC(=O)[C@H](O)[C@H]1OC(O)C(O)[C@@H]1OCc1ccccc1. The molecule has 2 unspecified atom stereocenters. The number of ether oxygens (including phenoxy) is 2. The van der Waals surface area contributed by atoms with Crippen molar-refractivity contribution in [2.24, 2.45) is 5.73 Å². The number of rotatable bonds is 5. The van der Waals surface area contributed by atoms with E-state index in [4.69, 9.17) is 15.2 Å².